The van der Waals surface area contributed by atoms with Gasteiger partial charge in [-0.25, -0.2) is 5.01 Å². The maximum absolute atomic E-state index is 12.4. The Bertz CT molecular complexity index is 842. The number of nitrogens with zero attached hydrogens (tertiary/aromatic N) is 3. The number of ether oxygens (including phenoxy) is 1. The zero-order valence-electron chi connectivity index (χ0n) is 16.1. The Hall–Kier alpha value is -3.03. The fraction of sp³-hybridized carbons (Fsp3) is 0.476. The molecule has 0 spiro atoms. The summed E-state index contributed by atoms with van der Waals surface area (Å²) < 4.78 is 5.02. The summed E-state index contributed by atoms with van der Waals surface area (Å²) >= 11 is 0. The molecule has 1 saturated carbocycles. The highest BCUT2D eigenvalue weighted by Crippen LogP contribution is 2.37. The van der Waals surface area contributed by atoms with Crippen molar-refractivity contribution in [2.24, 2.45) is 16.9 Å². The standard InChI is InChI=1S/C21H23N3O5/c25-18(24-11-10-17(22-24)14-6-2-1-3-7-14)13-29-19(26)12-23-20(27)15-8-4-5-9-16(15)21(23)28/h1-3,6-7,15-16H,4-5,8-13H2/t15-,16-/m1/s1. The van der Waals surface area contributed by atoms with Crippen molar-refractivity contribution in [3.05, 3.63) is 35.9 Å². The van der Waals surface area contributed by atoms with Crippen LogP contribution in [0.2, 0.25) is 0 Å². The van der Waals surface area contributed by atoms with Crippen LogP contribution >= 0.6 is 0 Å². The number of rotatable bonds is 5. The SMILES string of the molecule is O=C(CN1C(=O)[C@@H]2CCCC[C@H]2C1=O)OCC(=O)N1CCC(c2ccccc2)=N1. The van der Waals surface area contributed by atoms with Gasteiger partial charge >= 0.3 is 5.97 Å². The summed E-state index contributed by atoms with van der Waals surface area (Å²) in [7, 11) is 0. The highest BCUT2D eigenvalue weighted by atomic mass is 16.5. The van der Waals surface area contributed by atoms with Crippen molar-refractivity contribution in [1.29, 1.82) is 0 Å². The van der Waals surface area contributed by atoms with Crippen LogP contribution in [0.1, 0.15) is 37.7 Å². The Morgan fingerprint density at radius 1 is 1.03 bits per heavy atom. The number of carbonyl (C=O) groups is 4. The molecule has 0 radical (unpaired) electrons. The minimum absolute atomic E-state index is 0.292. The summed E-state index contributed by atoms with van der Waals surface area (Å²) in [6.45, 7) is -0.475. The largest absolute Gasteiger partial charge is 0.454 e. The molecule has 2 heterocycles. The van der Waals surface area contributed by atoms with Gasteiger partial charge in [0.25, 0.3) is 5.91 Å². The van der Waals surface area contributed by atoms with E-state index in [0.717, 1.165) is 29.0 Å². The van der Waals surface area contributed by atoms with Crippen LogP contribution in [0.4, 0.5) is 0 Å². The molecule has 1 aliphatic carbocycles. The summed E-state index contributed by atoms with van der Waals surface area (Å²) in [6, 6.07) is 9.57. The molecule has 0 unspecified atom stereocenters. The fourth-order valence-electron chi connectivity index (χ4n) is 4.25. The molecule has 0 bridgehead atoms. The highest BCUT2D eigenvalue weighted by Gasteiger charge is 2.48. The normalized spacial score (nSPS) is 23.8. The Kier molecular flexibility index (Phi) is 5.42. The van der Waals surface area contributed by atoms with Crippen LogP contribution < -0.4 is 0 Å². The zero-order chi connectivity index (χ0) is 20.4. The molecule has 29 heavy (non-hydrogen) atoms. The third-order valence-electron chi connectivity index (χ3n) is 5.77. The van der Waals surface area contributed by atoms with Gasteiger partial charge in [-0.15, -0.1) is 0 Å². The van der Waals surface area contributed by atoms with E-state index in [9.17, 15) is 19.2 Å². The van der Waals surface area contributed by atoms with Crippen molar-refractivity contribution in [1.82, 2.24) is 9.91 Å². The van der Waals surface area contributed by atoms with E-state index in [2.05, 4.69) is 5.10 Å². The van der Waals surface area contributed by atoms with Crippen LogP contribution in [0.25, 0.3) is 0 Å². The number of hydrazone groups is 1. The molecule has 8 nitrogen and oxygen atoms in total. The van der Waals surface area contributed by atoms with Crippen molar-refractivity contribution in [3.63, 3.8) is 0 Å². The van der Waals surface area contributed by atoms with E-state index >= 15 is 0 Å². The summed E-state index contributed by atoms with van der Waals surface area (Å²) in [6.07, 6.45) is 3.86. The maximum Gasteiger partial charge on any atom is 0.326 e. The van der Waals surface area contributed by atoms with E-state index in [1.54, 1.807) is 0 Å². The molecule has 2 fully saturated rings. The highest BCUT2D eigenvalue weighted by molar-refractivity contribution is 6.07. The van der Waals surface area contributed by atoms with Crippen LogP contribution in [-0.2, 0) is 23.9 Å². The van der Waals surface area contributed by atoms with Crippen molar-refractivity contribution in [3.8, 4) is 0 Å². The van der Waals surface area contributed by atoms with Gasteiger partial charge in [-0.3, -0.25) is 24.1 Å². The molecular weight excluding hydrogens is 374 g/mol. The van der Waals surface area contributed by atoms with Gasteiger partial charge in [0.2, 0.25) is 11.8 Å². The summed E-state index contributed by atoms with van der Waals surface area (Å²) in [5, 5.41) is 5.59. The van der Waals surface area contributed by atoms with E-state index in [4.69, 9.17) is 4.74 Å². The van der Waals surface area contributed by atoms with E-state index in [1.807, 2.05) is 30.3 Å². The molecule has 3 aliphatic rings. The lowest BCUT2D eigenvalue weighted by Gasteiger charge is -2.19. The molecule has 2 atom stereocenters. The van der Waals surface area contributed by atoms with Crippen molar-refractivity contribution in [2.45, 2.75) is 32.1 Å². The van der Waals surface area contributed by atoms with Gasteiger partial charge in [0.05, 0.1) is 24.1 Å². The molecule has 3 amide bonds. The first-order valence-electron chi connectivity index (χ1n) is 9.98. The molecule has 2 aliphatic heterocycles. The lowest BCUT2D eigenvalue weighted by molar-refractivity contribution is -0.156. The molecule has 0 N–H and O–H groups in total. The Morgan fingerprint density at radius 2 is 1.69 bits per heavy atom. The lowest BCUT2D eigenvalue weighted by Crippen LogP contribution is -2.38. The topological polar surface area (TPSA) is 96.3 Å². The number of benzene rings is 1. The second-order valence-electron chi connectivity index (χ2n) is 7.60. The third-order valence-corrected chi connectivity index (χ3v) is 5.77. The smallest absolute Gasteiger partial charge is 0.326 e. The average Bonchev–Trinajstić information content (AvgIpc) is 3.33. The minimum Gasteiger partial charge on any atom is -0.454 e. The van der Waals surface area contributed by atoms with Crippen LogP contribution in [-0.4, -0.2) is 59.0 Å². The molecular formula is C21H23N3O5. The van der Waals surface area contributed by atoms with Gasteiger partial charge in [0.1, 0.15) is 6.54 Å². The third kappa shape index (κ3) is 3.92. The molecule has 0 aromatic heterocycles. The van der Waals surface area contributed by atoms with Crippen LogP contribution in [0.3, 0.4) is 0 Å². The Labute approximate surface area is 168 Å². The number of fused-ring (bicyclic) bond motifs is 1. The van der Waals surface area contributed by atoms with Gasteiger partial charge in [-0.2, -0.15) is 5.10 Å². The second kappa shape index (κ2) is 8.14. The first kappa shape index (κ1) is 19.3. The number of hydrogen-bond donors (Lipinski definition) is 0. The van der Waals surface area contributed by atoms with Crippen molar-refractivity contribution < 1.29 is 23.9 Å². The first-order chi connectivity index (χ1) is 14.0. The van der Waals surface area contributed by atoms with Gasteiger partial charge in [0.15, 0.2) is 6.61 Å². The summed E-state index contributed by atoms with van der Waals surface area (Å²) in [5.41, 5.74) is 1.76. The number of amides is 3. The van der Waals surface area contributed by atoms with Gasteiger partial charge in [-0.05, 0) is 18.4 Å². The summed E-state index contributed by atoms with van der Waals surface area (Å²) in [5.74, 6) is -2.39. The van der Waals surface area contributed by atoms with E-state index in [0.29, 0.717) is 25.8 Å². The summed E-state index contributed by atoms with van der Waals surface area (Å²) in [4.78, 5) is 50.2. The predicted octanol–water partition coefficient (Wildman–Crippen LogP) is 1.34. The molecule has 4 rings (SSSR count). The minimum atomic E-state index is -0.759. The second-order valence-corrected chi connectivity index (χ2v) is 7.60. The number of carbonyl (C=O) groups excluding carboxylic acids is 4. The molecule has 8 heteroatoms. The molecule has 152 valence electrons. The predicted molar refractivity (Wildman–Crippen MR) is 102 cm³/mol. The Morgan fingerprint density at radius 3 is 2.34 bits per heavy atom. The number of esters is 1. The lowest BCUT2D eigenvalue weighted by atomic mass is 9.81. The number of likely N-dealkylation sites (tertiary alicyclic amines) is 1. The van der Waals surface area contributed by atoms with E-state index in [1.165, 1.54) is 5.01 Å². The van der Waals surface area contributed by atoms with Gasteiger partial charge in [0, 0.05) is 6.42 Å². The van der Waals surface area contributed by atoms with E-state index in [-0.39, 0.29) is 23.7 Å². The number of imide groups is 1. The maximum atomic E-state index is 12.4. The quantitative estimate of drug-likeness (QED) is 0.552. The monoisotopic (exact) mass is 397 g/mol. The molecule has 1 aromatic rings. The van der Waals surface area contributed by atoms with E-state index < -0.39 is 25.0 Å². The van der Waals surface area contributed by atoms with Crippen molar-refractivity contribution >= 4 is 29.4 Å². The molecule has 1 saturated heterocycles. The number of hydrogen-bond acceptors (Lipinski definition) is 6. The van der Waals surface area contributed by atoms with Crippen LogP contribution in [0, 0.1) is 11.8 Å². The van der Waals surface area contributed by atoms with Crippen molar-refractivity contribution in [2.75, 3.05) is 19.7 Å². The molecule has 1 aromatic carbocycles. The van der Waals surface area contributed by atoms with Gasteiger partial charge < -0.3 is 4.74 Å². The Balaban J connectivity index is 1.29. The zero-order valence-corrected chi connectivity index (χ0v) is 16.1. The fourth-order valence-corrected chi connectivity index (χ4v) is 4.25. The first-order valence-corrected chi connectivity index (χ1v) is 9.98. The average molecular weight is 397 g/mol. The van der Waals surface area contributed by atoms with Gasteiger partial charge in [-0.1, -0.05) is 43.2 Å². The van der Waals surface area contributed by atoms with Crippen LogP contribution in [0.5, 0.6) is 0 Å². The van der Waals surface area contributed by atoms with Crippen LogP contribution in [0.15, 0.2) is 35.4 Å².